The SMILES string of the molecule is O=C(NC1CC(O)C1)c1cc2c(F)cccc2s1. The smallest absolute Gasteiger partial charge is 0.261 e. The van der Waals surface area contributed by atoms with Crippen LogP contribution in [0.25, 0.3) is 10.1 Å². The summed E-state index contributed by atoms with van der Waals surface area (Å²) in [6.07, 6.45) is 0.908. The van der Waals surface area contributed by atoms with Crippen LogP contribution in [0.2, 0.25) is 0 Å². The molecule has 2 N–H and O–H groups in total. The molecule has 0 bridgehead atoms. The molecule has 0 spiro atoms. The first-order valence-corrected chi connectivity index (χ1v) is 6.62. The molecule has 0 saturated heterocycles. The number of thiophene rings is 1. The fourth-order valence-electron chi connectivity index (χ4n) is 2.10. The van der Waals surface area contributed by atoms with Gasteiger partial charge in [0.15, 0.2) is 0 Å². The predicted molar refractivity (Wildman–Crippen MR) is 68.3 cm³/mol. The van der Waals surface area contributed by atoms with Gasteiger partial charge in [0.05, 0.1) is 11.0 Å². The van der Waals surface area contributed by atoms with E-state index < -0.39 is 0 Å². The molecule has 5 heteroatoms. The van der Waals surface area contributed by atoms with Crippen molar-refractivity contribution < 1.29 is 14.3 Å². The molecule has 1 amide bonds. The third-order valence-corrected chi connectivity index (χ3v) is 4.28. The van der Waals surface area contributed by atoms with Crippen molar-refractivity contribution in [3.63, 3.8) is 0 Å². The van der Waals surface area contributed by atoms with Crippen molar-refractivity contribution in [2.24, 2.45) is 0 Å². The quantitative estimate of drug-likeness (QED) is 0.875. The number of aliphatic hydroxyl groups excluding tert-OH is 1. The highest BCUT2D eigenvalue weighted by Crippen LogP contribution is 2.28. The largest absolute Gasteiger partial charge is 0.393 e. The summed E-state index contributed by atoms with van der Waals surface area (Å²) in [5.41, 5.74) is 0. The number of hydrogen-bond acceptors (Lipinski definition) is 3. The van der Waals surface area contributed by atoms with E-state index in [1.807, 2.05) is 0 Å². The number of hydrogen-bond donors (Lipinski definition) is 2. The third kappa shape index (κ3) is 2.00. The number of benzene rings is 1. The van der Waals surface area contributed by atoms with Crippen LogP contribution in [0.1, 0.15) is 22.5 Å². The average molecular weight is 265 g/mol. The van der Waals surface area contributed by atoms with Crippen molar-refractivity contribution in [2.75, 3.05) is 0 Å². The standard InChI is InChI=1S/C13H12FNO2S/c14-10-2-1-3-11-9(10)6-12(18-11)13(17)15-7-4-8(16)5-7/h1-3,6-8,16H,4-5H2,(H,15,17). The molecule has 1 aliphatic rings. The van der Waals surface area contributed by atoms with Crippen molar-refractivity contribution >= 4 is 27.3 Å². The number of rotatable bonds is 2. The lowest BCUT2D eigenvalue weighted by Gasteiger charge is -2.31. The van der Waals surface area contributed by atoms with Gasteiger partial charge in [-0.15, -0.1) is 11.3 Å². The van der Waals surface area contributed by atoms with E-state index in [9.17, 15) is 9.18 Å². The van der Waals surface area contributed by atoms with E-state index in [-0.39, 0.29) is 23.9 Å². The lowest BCUT2D eigenvalue weighted by molar-refractivity contribution is 0.0564. The zero-order valence-corrected chi connectivity index (χ0v) is 10.3. The van der Waals surface area contributed by atoms with Gasteiger partial charge in [0, 0.05) is 16.1 Å². The zero-order chi connectivity index (χ0) is 12.7. The monoisotopic (exact) mass is 265 g/mol. The van der Waals surface area contributed by atoms with Crippen molar-refractivity contribution in [3.05, 3.63) is 35.0 Å². The van der Waals surface area contributed by atoms with Crippen LogP contribution >= 0.6 is 11.3 Å². The number of aliphatic hydroxyl groups is 1. The molecule has 0 atom stereocenters. The van der Waals surface area contributed by atoms with Crippen molar-refractivity contribution in [3.8, 4) is 0 Å². The molecular weight excluding hydrogens is 253 g/mol. The van der Waals surface area contributed by atoms with Crippen LogP contribution < -0.4 is 5.32 Å². The number of halogens is 1. The molecule has 3 nitrogen and oxygen atoms in total. The number of carbonyl (C=O) groups excluding carboxylic acids is 1. The molecule has 2 aromatic rings. The topological polar surface area (TPSA) is 49.3 Å². The van der Waals surface area contributed by atoms with Crippen LogP contribution in [-0.2, 0) is 0 Å². The minimum atomic E-state index is -0.304. The molecule has 3 rings (SSSR count). The molecule has 1 saturated carbocycles. The van der Waals surface area contributed by atoms with Crippen LogP contribution in [0, 0.1) is 5.82 Å². The molecule has 94 valence electrons. The minimum absolute atomic E-state index is 0.0440. The summed E-state index contributed by atoms with van der Waals surface area (Å²) < 4.78 is 14.3. The molecule has 0 radical (unpaired) electrons. The van der Waals surface area contributed by atoms with Crippen LogP contribution in [-0.4, -0.2) is 23.2 Å². The van der Waals surface area contributed by atoms with E-state index >= 15 is 0 Å². The molecule has 1 fully saturated rings. The molecular formula is C13H12FNO2S. The Morgan fingerprint density at radius 1 is 1.44 bits per heavy atom. The van der Waals surface area contributed by atoms with Gasteiger partial charge in [-0.1, -0.05) is 6.07 Å². The second kappa shape index (κ2) is 4.33. The maximum absolute atomic E-state index is 13.5. The summed E-state index contributed by atoms with van der Waals surface area (Å²) in [7, 11) is 0. The Hall–Kier alpha value is -1.46. The van der Waals surface area contributed by atoms with Crippen molar-refractivity contribution in [2.45, 2.75) is 25.0 Å². The highest BCUT2D eigenvalue weighted by atomic mass is 32.1. The van der Waals surface area contributed by atoms with Gasteiger partial charge in [0.2, 0.25) is 0 Å². The van der Waals surface area contributed by atoms with Crippen molar-refractivity contribution in [1.82, 2.24) is 5.32 Å². The van der Waals surface area contributed by atoms with Gasteiger partial charge >= 0.3 is 0 Å². The van der Waals surface area contributed by atoms with Gasteiger partial charge in [0.1, 0.15) is 5.82 Å². The van der Waals surface area contributed by atoms with Gasteiger partial charge < -0.3 is 10.4 Å². The lowest BCUT2D eigenvalue weighted by atomic mass is 9.89. The molecule has 0 aliphatic heterocycles. The molecule has 1 aromatic carbocycles. The first-order chi connectivity index (χ1) is 8.63. The maximum atomic E-state index is 13.5. The number of carbonyl (C=O) groups is 1. The fraction of sp³-hybridized carbons (Fsp3) is 0.308. The lowest BCUT2D eigenvalue weighted by Crippen LogP contribution is -2.46. The second-order valence-corrected chi connectivity index (χ2v) is 5.64. The second-order valence-electron chi connectivity index (χ2n) is 4.56. The normalized spacial score (nSPS) is 22.8. The van der Waals surface area contributed by atoms with E-state index in [0.717, 1.165) is 4.70 Å². The van der Waals surface area contributed by atoms with Crippen LogP contribution in [0.4, 0.5) is 4.39 Å². The average Bonchev–Trinajstić information content (AvgIpc) is 2.72. The fourth-order valence-corrected chi connectivity index (χ4v) is 3.08. The Balaban J connectivity index is 1.81. The summed E-state index contributed by atoms with van der Waals surface area (Å²) in [4.78, 5) is 12.4. The van der Waals surface area contributed by atoms with Gasteiger partial charge in [-0.3, -0.25) is 4.79 Å². The molecule has 1 aromatic heterocycles. The number of fused-ring (bicyclic) bond motifs is 1. The van der Waals surface area contributed by atoms with Gasteiger partial charge in [-0.05, 0) is 31.0 Å². The van der Waals surface area contributed by atoms with Gasteiger partial charge in [-0.25, -0.2) is 4.39 Å². The Morgan fingerprint density at radius 2 is 2.22 bits per heavy atom. The van der Waals surface area contributed by atoms with E-state index in [0.29, 0.717) is 23.1 Å². The Kier molecular flexibility index (Phi) is 2.80. The first kappa shape index (κ1) is 11.6. The third-order valence-electron chi connectivity index (χ3n) is 3.18. The first-order valence-electron chi connectivity index (χ1n) is 5.80. The van der Waals surface area contributed by atoms with E-state index in [1.54, 1.807) is 18.2 Å². The highest BCUT2D eigenvalue weighted by molar-refractivity contribution is 7.20. The summed E-state index contributed by atoms with van der Waals surface area (Å²) in [5, 5.41) is 12.5. The Labute approximate surface area is 107 Å². The van der Waals surface area contributed by atoms with E-state index in [2.05, 4.69) is 5.32 Å². The summed E-state index contributed by atoms with van der Waals surface area (Å²) in [6, 6.07) is 6.45. The number of nitrogens with one attached hydrogen (secondary N) is 1. The molecule has 0 unspecified atom stereocenters. The van der Waals surface area contributed by atoms with E-state index in [1.165, 1.54) is 17.4 Å². The van der Waals surface area contributed by atoms with Crippen LogP contribution in [0.3, 0.4) is 0 Å². The van der Waals surface area contributed by atoms with Crippen LogP contribution in [0.15, 0.2) is 24.3 Å². The Bertz CT molecular complexity index is 604. The van der Waals surface area contributed by atoms with Gasteiger partial charge in [-0.2, -0.15) is 0 Å². The molecule has 1 aliphatic carbocycles. The van der Waals surface area contributed by atoms with Crippen molar-refractivity contribution in [1.29, 1.82) is 0 Å². The maximum Gasteiger partial charge on any atom is 0.261 e. The van der Waals surface area contributed by atoms with Crippen LogP contribution in [0.5, 0.6) is 0 Å². The summed E-state index contributed by atoms with van der Waals surface area (Å²) in [6.45, 7) is 0. The Morgan fingerprint density at radius 3 is 2.89 bits per heavy atom. The zero-order valence-electron chi connectivity index (χ0n) is 9.52. The summed E-state index contributed by atoms with van der Waals surface area (Å²) >= 11 is 1.28. The van der Waals surface area contributed by atoms with E-state index in [4.69, 9.17) is 5.11 Å². The molecule has 18 heavy (non-hydrogen) atoms. The number of amides is 1. The molecule has 1 heterocycles. The summed E-state index contributed by atoms with van der Waals surface area (Å²) in [5.74, 6) is -0.491. The predicted octanol–water partition coefficient (Wildman–Crippen LogP) is 2.29. The van der Waals surface area contributed by atoms with Gasteiger partial charge in [0.25, 0.3) is 5.91 Å². The minimum Gasteiger partial charge on any atom is -0.393 e. The highest BCUT2D eigenvalue weighted by Gasteiger charge is 2.29.